The zero-order valence-corrected chi connectivity index (χ0v) is 16.2. The molecule has 29 heavy (non-hydrogen) atoms. The van der Waals surface area contributed by atoms with Crippen LogP contribution in [0.5, 0.6) is 11.5 Å². The minimum atomic E-state index is -0.153. The summed E-state index contributed by atoms with van der Waals surface area (Å²) in [6, 6.07) is 23.0. The van der Waals surface area contributed by atoms with Crippen LogP contribution in [0.2, 0.25) is 0 Å². The van der Waals surface area contributed by atoms with E-state index < -0.39 is 0 Å². The molecule has 0 atom stereocenters. The van der Waals surface area contributed by atoms with E-state index >= 15 is 0 Å². The predicted molar refractivity (Wildman–Crippen MR) is 113 cm³/mol. The van der Waals surface area contributed by atoms with E-state index in [0.717, 1.165) is 40.5 Å². The first-order valence-electron chi connectivity index (χ1n) is 9.67. The van der Waals surface area contributed by atoms with E-state index in [1.54, 1.807) is 12.1 Å². The van der Waals surface area contributed by atoms with Gasteiger partial charge in [0.25, 0.3) is 0 Å². The SMILES string of the molecule is CCn1c(-c2cccc(Oc3ccccc3)c2)nc2cc(C(=O)CCO)ccc21. The third-order valence-corrected chi connectivity index (χ3v) is 4.80. The van der Waals surface area contributed by atoms with Crippen molar-refractivity contribution in [2.45, 2.75) is 19.9 Å². The quantitative estimate of drug-likeness (QED) is 0.450. The number of aliphatic hydroxyl groups is 1. The minimum absolute atomic E-state index is 0.0831. The molecule has 0 saturated carbocycles. The highest BCUT2D eigenvalue weighted by Gasteiger charge is 2.14. The molecule has 5 heteroatoms. The van der Waals surface area contributed by atoms with E-state index in [-0.39, 0.29) is 18.8 Å². The summed E-state index contributed by atoms with van der Waals surface area (Å²) in [7, 11) is 0. The summed E-state index contributed by atoms with van der Waals surface area (Å²) < 4.78 is 8.08. The minimum Gasteiger partial charge on any atom is -0.457 e. The van der Waals surface area contributed by atoms with Crippen molar-refractivity contribution in [3.05, 3.63) is 78.4 Å². The Balaban J connectivity index is 1.73. The van der Waals surface area contributed by atoms with E-state index in [1.165, 1.54) is 0 Å². The molecule has 3 aromatic carbocycles. The summed E-state index contributed by atoms with van der Waals surface area (Å²) in [5.41, 5.74) is 3.25. The summed E-state index contributed by atoms with van der Waals surface area (Å²) in [5, 5.41) is 9.03. The van der Waals surface area contributed by atoms with Gasteiger partial charge in [0.2, 0.25) is 0 Å². The van der Waals surface area contributed by atoms with Crippen LogP contribution in [0.1, 0.15) is 23.7 Å². The number of carbonyl (C=O) groups excluding carboxylic acids is 1. The van der Waals surface area contributed by atoms with Gasteiger partial charge < -0.3 is 14.4 Å². The van der Waals surface area contributed by atoms with Crippen LogP contribution >= 0.6 is 0 Å². The van der Waals surface area contributed by atoms with Crippen LogP contribution in [0, 0.1) is 0 Å². The Kier molecular flexibility index (Phi) is 5.40. The first kappa shape index (κ1) is 18.9. The van der Waals surface area contributed by atoms with Crippen LogP contribution in [0.4, 0.5) is 0 Å². The van der Waals surface area contributed by atoms with Gasteiger partial charge in [0.1, 0.15) is 17.3 Å². The lowest BCUT2D eigenvalue weighted by Gasteiger charge is -2.09. The van der Waals surface area contributed by atoms with Crippen molar-refractivity contribution in [1.29, 1.82) is 0 Å². The Labute approximate surface area is 169 Å². The third-order valence-electron chi connectivity index (χ3n) is 4.80. The molecule has 146 valence electrons. The number of aryl methyl sites for hydroxylation is 1. The van der Waals surface area contributed by atoms with Gasteiger partial charge in [-0.15, -0.1) is 0 Å². The first-order chi connectivity index (χ1) is 14.2. The highest BCUT2D eigenvalue weighted by molar-refractivity contribution is 5.99. The second-order valence-corrected chi connectivity index (χ2v) is 6.72. The number of Topliss-reactive ketones (excluding diaryl/α,β-unsaturated/α-hetero) is 1. The molecule has 1 aromatic heterocycles. The van der Waals surface area contributed by atoms with Gasteiger partial charge >= 0.3 is 0 Å². The molecule has 1 N–H and O–H groups in total. The molecule has 4 rings (SSSR count). The number of nitrogens with zero attached hydrogens (tertiary/aromatic N) is 2. The van der Waals surface area contributed by atoms with Gasteiger partial charge in [0.05, 0.1) is 17.6 Å². The molecule has 0 aliphatic carbocycles. The van der Waals surface area contributed by atoms with Gasteiger partial charge in [-0.3, -0.25) is 4.79 Å². The number of ketones is 1. The number of ether oxygens (including phenoxy) is 1. The zero-order chi connectivity index (χ0) is 20.2. The van der Waals surface area contributed by atoms with Gasteiger partial charge in [0.15, 0.2) is 5.78 Å². The largest absolute Gasteiger partial charge is 0.457 e. The summed E-state index contributed by atoms with van der Waals surface area (Å²) in [6.45, 7) is 2.67. The molecule has 0 amide bonds. The first-order valence-corrected chi connectivity index (χ1v) is 9.67. The number of carbonyl (C=O) groups is 1. The Morgan fingerprint density at radius 2 is 1.79 bits per heavy atom. The molecule has 0 aliphatic rings. The van der Waals surface area contributed by atoms with Crippen molar-refractivity contribution in [3.63, 3.8) is 0 Å². The summed E-state index contributed by atoms with van der Waals surface area (Å²) in [5.74, 6) is 2.26. The van der Waals surface area contributed by atoms with E-state index in [9.17, 15) is 4.79 Å². The van der Waals surface area contributed by atoms with Crippen molar-refractivity contribution in [2.24, 2.45) is 0 Å². The van der Waals surface area contributed by atoms with E-state index in [1.807, 2.05) is 60.7 Å². The van der Waals surface area contributed by atoms with E-state index in [0.29, 0.717) is 5.56 Å². The Morgan fingerprint density at radius 1 is 1.00 bits per heavy atom. The lowest BCUT2D eigenvalue weighted by atomic mass is 10.1. The van der Waals surface area contributed by atoms with E-state index in [4.69, 9.17) is 14.8 Å². The van der Waals surface area contributed by atoms with Crippen LogP contribution < -0.4 is 4.74 Å². The fraction of sp³-hybridized carbons (Fsp3) is 0.167. The van der Waals surface area contributed by atoms with Gasteiger partial charge in [-0.05, 0) is 49.4 Å². The normalized spacial score (nSPS) is 11.0. The molecule has 0 unspecified atom stereocenters. The molecular weight excluding hydrogens is 364 g/mol. The second kappa shape index (κ2) is 8.29. The Hall–Kier alpha value is -3.44. The highest BCUT2D eigenvalue weighted by Crippen LogP contribution is 2.30. The fourth-order valence-electron chi connectivity index (χ4n) is 3.41. The Morgan fingerprint density at radius 3 is 2.55 bits per heavy atom. The zero-order valence-electron chi connectivity index (χ0n) is 16.2. The van der Waals surface area contributed by atoms with Crippen LogP contribution in [-0.4, -0.2) is 27.0 Å². The number of aromatic nitrogens is 2. The van der Waals surface area contributed by atoms with Crippen LogP contribution in [0.3, 0.4) is 0 Å². The summed E-state index contributed by atoms with van der Waals surface area (Å²) in [6.07, 6.45) is 0.117. The Bertz CT molecular complexity index is 1150. The standard InChI is InChI=1S/C24H22N2O3/c1-2-26-22-12-11-17(23(28)13-14-27)16-21(22)25-24(26)18-7-6-10-20(15-18)29-19-8-4-3-5-9-19/h3-12,15-16,27H,2,13-14H2,1H3. The molecule has 1 heterocycles. The van der Waals surface area contributed by atoms with Gasteiger partial charge in [0, 0.05) is 24.1 Å². The second-order valence-electron chi connectivity index (χ2n) is 6.72. The summed E-state index contributed by atoms with van der Waals surface area (Å²) >= 11 is 0. The maximum atomic E-state index is 12.1. The van der Waals surface area contributed by atoms with Gasteiger partial charge in [-0.2, -0.15) is 0 Å². The predicted octanol–water partition coefficient (Wildman–Crippen LogP) is 5.08. The van der Waals surface area contributed by atoms with Crippen molar-refractivity contribution in [2.75, 3.05) is 6.61 Å². The average Bonchev–Trinajstić information content (AvgIpc) is 3.12. The molecule has 0 saturated heterocycles. The molecule has 0 aliphatic heterocycles. The highest BCUT2D eigenvalue weighted by atomic mass is 16.5. The number of hydrogen-bond acceptors (Lipinski definition) is 4. The molecule has 5 nitrogen and oxygen atoms in total. The maximum absolute atomic E-state index is 12.1. The van der Waals surface area contributed by atoms with Crippen LogP contribution in [-0.2, 0) is 6.54 Å². The monoisotopic (exact) mass is 386 g/mol. The van der Waals surface area contributed by atoms with Crippen molar-refractivity contribution in [3.8, 4) is 22.9 Å². The smallest absolute Gasteiger partial charge is 0.165 e. The van der Waals surface area contributed by atoms with E-state index in [2.05, 4.69) is 11.5 Å². The fourth-order valence-corrected chi connectivity index (χ4v) is 3.41. The molecule has 0 spiro atoms. The maximum Gasteiger partial charge on any atom is 0.165 e. The number of aliphatic hydroxyl groups excluding tert-OH is 1. The molecule has 0 fully saturated rings. The number of hydrogen-bond donors (Lipinski definition) is 1. The number of para-hydroxylation sites is 1. The topological polar surface area (TPSA) is 64.4 Å². The molecule has 0 bridgehead atoms. The molecular formula is C24H22N2O3. The lowest BCUT2D eigenvalue weighted by Crippen LogP contribution is -2.01. The number of rotatable bonds is 7. The van der Waals surface area contributed by atoms with Gasteiger partial charge in [-0.25, -0.2) is 4.98 Å². The van der Waals surface area contributed by atoms with Gasteiger partial charge in [-0.1, -0.05) is 30.3 Å². The molecule has 0 radical (unpaired) electrons. The lowest BCUT2D eigenvalue weighted by molar-refractivity contribution is 0.0957. The van der Waals surface area contributed by atoms with Crippen LogP contribution in [0.15, 0.2) is 72.8 Å². The molecule has 4 aromatic rings. The van der Waals surface area contributed by atoms with Crippen LogP contribution in [0.25, 0.3) is 22.4 Å². The number of benzene rings is 3. The average molecular weight is 386 g/mol. The number of imidazole rings is 1. The third kappa shape index (κ3) is 3.91. The van der Waals surface area contributed by atoms with Crippen molar-refractivity contribution >= 4 is 16.8 Å². The van der Waals surface area contributed by atoms with Crippen molar-refractivity contribution < 1.29 is 14.6 Å². The number of fused-ring (bicyclic) bond motifs is 1. The summed E-state index contributed by atoms with van der Waals surface area (Å²) in [4.78, 5) is 16.9. The van der Waals surface area contributed by atoms with Crippen molar-refractivity contribution in [1.82, 2.24) is 9.55 Å².